The molecular weight excluding hydrogens is 450 g/mol. The zero-order chi connectivity index (χ0) is 22.7. The fraction of sp³-hybridized carbons (Fsp3) is 0.286. The van der Waals surface area contributed by atoms with E-state index in [4.69, 9.17) is 4.74 Å². The lowest BCUT2D eigenvalue weighted by Gasteiger charge is -2.35. The quantitative estimate of drug-likeness (QED) is 0.583. The van der Waals surface area contributed by atoms with Gasteiger partial charge in [0, 0.05) is 37.8 Å². The van der Waals surface area contributed by atoms with Crippen LogP contribution in [-0.2, 0) is 9.84 Å². The third kappa shape index (κ3) is 4.83. The lowest BCUT2D eigenvalue weighted by atomic mass is 10.2. The molecule has 1 fully saturated rings. The van der Waals surface area contributed by atoms with Crippen LogP contribution in [0, 0.1) is 0 Å². The molecule has 1 aliphatic heterocycles. The minimum atomic E-state index is -3.39. The number of pyridine rings is 1. The van der Waals surface area contributed by atoms with Crippen molar-refractivity contribution in [3.05, 3.63) is 53.7 Å². The molecule has 0 aliphatic carbocycles. The summed E-state index contributed by atoms with van der Waals surface area (Å²) in [4.78, 5) is 25.8. The van der Waals surface area contributed by atoms with Crippen molar-refractivity contribution in [3.63, 3.8) is 0 Å². The molecule has 1 N–H and O–H groups in total. The number of amides is 1. The predicted octanol–water partition coefficient (Wildman–Crippen LogP) is 2.66. The Morgan fingerprint density at radius 3 is 2.53 bits per heavy atom. The monoisotopic (exact) mass is 473 g/mol. The van der Waals surface area contributed by atoms with E-state index in [0.29, 0.717) is 48.4 Å². The van der Waals surface area contributed by atoms with E-state index in [2.05, 4.69) is 20.2 Å². The minimum Gasteiger partial charge on any atom is -0.495 e. The van der Waals surface area contributed by atoms with E-state index >= 15 is 0 Å². The summed E-state index contributed by atoms with van der Waals surface area (Å²) in [5, 5.41) is 5.18. The van der Waals surface area contributed by atoms with E-state index in [0.717, 1.165) is 12.1 Å². The first-order chi connectivity index (χ1) is 15.3. The Labute approximate surface area is 190 Å². The van der Waals surface area contributed by atoms with Crippen molar-refractivity contribution in [2.45, 2.75) is 4.90 Å². The van der Waals surface area contributed by atoms with Crippen LogP contribution in [0.15, 0.2) is 52.9 Å². The van der Waals surface area contributed by atoms with Gasteiger partial charge in [-0.1, -0.05) is 12.1 Å². The normalized spacial score (nSPS) is 14.3. The fourth-order valence-electron chi connectivity index (χ4n) is 3.42. The second-order valence-corrected chi connectivity index (χ2v) is 10.1. The number of anilines is 3. The number of carbonyl (C=O) groups excluding carboxylic acids is 1. The Balaban J connectivity index is 1.39. The molecule has 0 spiro atoms. The molecule has 1 saturated heterocycles. The Morgan fingerprint density at radius 1 is 1.12 bits per heavy atom. The molecule has 0 atom stereocenters. The van der Waals surface area contributed by atoms with Crippen LogP contribution < -0.4 is 15.0 Å². The largest absolute Gasteiger partial charge is 0.495 e. The predicted molar refractivity (Wildman–Crippen MR) is 124 cm³/mol. The van der Waals surface area contributed by atoms with Crippen LogP contribution in [0.5, 0.6) is 5.75 Å². The van der Waals surface area contributed by atoms with Crippen molar-refractivity contribution < 1.29 is 17.9 Å². The maximum Gasteiger partial charge on any atom is 0.273 e. The molecule has 9 nitrogen and oxygen atoms in total. The summed E-state index contributed by atoms with van der Waals surface area (Å²) in [6.07, 6.45) is 2.84. The van der Waals surface area contributed by atoms with Crippen molar-refractivity contribution in [3.8, 4) is 5.75 Å². The summed E-state index contributed by atoms with van der Waals surface area (Å²) in [5.41, 5.74) is 0.773. The molecule has 0 radical (unpaired) electrons. The number of nitrogens with zero attached hydrogens (tertiary/aromatic N) is 4. The van der Waals surface area contributed by atoms with Crippen LogP contribution in [-0.4, -0.2) is 68.7 Å². The van der Waals surface area contributed by atoms with Crippen molar-refractivity contribution in [2.24, 2.45) is 0 Å². The summed E-state index contributed by atoms with van der Waals surface area (Å²) < 4.78 is 29.1. The zero-order valence-electron chi connectivity index (χ0n) is 17.7. The highest BCUT2D eigenvalue weighted by atomic mass is 32.2. The van der Waals surface area contributed by atoms with Crippen LogP contribution >= 0.6 is 11.3 Å². The number of nitrogens with one attached hydrogen (secondary N) is 1. The number of sulfone groups is 1. The van der Waals surface area contributed by atoms with Gasteiger partial charge in [0.2, 0.25) is 0 Å². The van der Waals surface area contributed by atoms with Gasteiger partial charge in [-0.3, -0.25) is 4.79 Å². The first-order valence-electron chi connectivity index (χ1n) is 9.91. The Hall–Kier alpha value is -3.18. The highest BCUT2D eigenvalue weighted by Gasteiger charge is 2.25. The van der Waals surface area contributed by atoms with Gasteiger partial charge in [-0.05, 0) is 24.3 Å². The third-order valence-corrected chi connectivity index (χ3v) is 7.01. The van der Waals surface area contributed by atoms with Crippen LogP contribution in [0.4, 0.5) is 16.6 Å². The van der Waals surface area contributed by atoms with E-state index in [1.165, 1.54) is 17.4 Å². The highest BCUT2D eigenvalue weighted by molar-refractivity contribution is 7.90. The number of hydrogen-bond donors (Lipinski definition) is 1. The van der Waals surface area contributed by atoms with Crippen molar-refractivity contribution in [2.75, 3.05) is 49.8 Å². The molecule has 0 saturated carbocycles. The number of benzene rings is 1. The van der Waals surface area contributed by atoms with Gasteiger partial charge in [0.05, 0.1) is 23.9 Å². The first-order valence-corrected chi connectivity index (χ1v) is 12.7. The standard InChI is InChI=1S/C21H23N5O4S2/c1-30-15-7-8-19(22-13-15)25-9-11-26(12-10-25)20(27)17-14-31-21(24-17)23-16-5-3-4-6-18(16)32(2,28)29/h3-8,13-14H,9-12H2,1-2H3,(H,23,24). The molecule has 4 rings (SSSR count). The molecule has 11 heteroatoms. The topological polar surface area (TPSA) is 105 Å². The highest BCUT2D eigenvalue weighted by Crippen LogP contribution is 2.27. The van der Waals surface area contributed by atoms with Gasteiger partial charge < -0.3 is 19.9 Å². The number of para-hydroxylation sites is 1. The number of aromatic nitrogens is 2. The van der Waals surface area contributed by atoms with Crippen LogP contribution in [0.25, 0.3) is 0 Å². The number of ether oxygens (including phenoxy) is 1. The molecule has 1 aromatic carbocycles. The van der Waals surface area contributed by atoms with Gasteiger partial charge in [0.1, 0.15) is 17.3 Å². The Bertz CT molecular complexity index is 1200. The minimum absolute atomic E-state index is 0.145. The fourth-order valence-corrected chi connectivity index (χ4v) is 4.96. The van der Waals surface area contributed by atoms with Gasteiger partial charge in [0.25, 0.3) is 5.91 Å². The molecule has 168 valence electrons. The smallest absolute Gasteiger partial charge is 0.273 e. The lowest BCUT2D eigenvalue weighted by molar-refractivity contribution is 0.0741. The number of carbonyl (C=O) groups is 1. The van der Waals surface area contributed by atoms with E-state index in [1.54, 1.807) is 41.8 Å². The summed E-state index contributed by atoms with van der Waals surface area (Å²) in [7, 11) is -1.79. The van der Waals surface area contributed by atoms with E-state index in [9.17, 15) is 13.2 Å². The molecule has 3 heterocycles. The molecule has 1 amide bonds. The first kappa shape index (κ1) is 22.0. The van der Waals surface area contributed by atoms with E-state index in [1.807, 2.05) is 12.1 Å². The molecular formula is C21H23N5O4S2. The molecule has 0 bridgehead atoms. The molecule has 32 heavy (non-hydrogen) atoms. The maximum absolute atomic E-state index is 12.9. The van der Waals surface area contributed by atoms with Crippen LogP contribution in [0.1, 0.15) is 10.5 Å². The second kappa shape index (κ2) is 9.13. The van der Waals surface area contributed by atoms with Crippen molar-refractivity contribution >= 4 is 43.7 Å². The van der Waals surface area contributed by atoms with Gasteiger partial charge in [-0.25, -0.2) is 18.4 Å². The van der Waals surface area contributed by atoms with Crippen LogP contribution in [0.3, 0.4) is 0 Å². The van der Waals surface area contributed by atoms with Gasteiger partial charge in [-0.2, -0.15) is 0 Å². The van der Waals surface area contributed by atoms with Crippen molar-refractivity contribution in [1.82, 2.24) is 14.9 Å². The average Bonchev–Trinajstić information content (AvgIpc) is 3.27. The number of methoxy groups -OCH3 is 1. The number of thiazole rings is 1. The summed E-state index contributed by atoms with van der Waals surface area (Å²) >= 11 is 1.26. The molecule has 2 aromatic heterocycles. The Kier molecular flexibility index (Phi) is 6.28. The molecule has 1 aliphatic rings. The number of hydrogen-bond acceptors (Lipinski definition) is 9. The maximum atomic E-state index is 12.9. The molecule has 0 unspecified atom stereocenters. The van der Waals surface area contributed by atoms with Crippen molar-refractivity contribution in [1.29, 1.82) is 0 Å². The summed E-state index contributed by atoms with van der Waals surface area (Å²) in [6, 6.07) is 10.4. The van der Waals surface area contributed by atoms with Gasteiger partial charge >= 0.3 is 0 Å². The van der Waals surface area contributed by atoms with Gasteiger partial charge in [0.15, 0.2) is 15.0 Å². The number of piperazine rings is 1. The Morgan fingerprint density at radius 2 is 1.88 bits per heavy atom. The van der Waals surface area contributed by atoms with Crippen LogP contribution in [0.2, 0.25) is 0 Å². The van der Waals surface area contributed by atoms with E-state index in [-0.39, 0.29) is 10.8 Å². The second-order valence-electron chi connectivity index (χ2n) is 7.27. The summed E-state index contributed by atoms with van der Waals surface area (Å²) in [5.74, 6) is 1.41. The lowest BCUT2D eigenvalue weighted by Crippen LogP contribution is -2.49. The SMILES string of the molecule is COc1ccc(N2CCN(C(=O)c3csc(Nc4ccccc4S(C)(=O)=O)n3)CC2)nc1. The number of rotatable bonds is 6. The zero-order valence-corrected chi connectivity index (χ0v) is 19.3. The average molecular weight is 474 g/mol. The molecule has 3 aromatic rings. The van der Waals surface area contributed by atoms with Gasteiger partial charge in [-0.15, -0.1) is 11.3 Å². The summed E-state index contributed by atoms with van der Waals surface area (Å²) in [6.45, 7) is 2.46. The van der Waals surface area contributed by atoms with E-state index < -0.39 is 9.84 Å². The third-order valence-electron chi connectivity index (χ3n) is 5.10.